The average molecular weight is 276 g/mol. The Kier molecular flexibility index (Phi) is 4.36. The molecule has 0 radical (unpaired) electrons. The Morgan fingerprint density at radius 1 is 1.30 bits per heavy atom. The minimum absolute atomic E-state index is 0.151. The van der Waals surface area contributed by atoms with Crippen LogP contribution >= 0.6 is 0 Å². The molecule has 4 nitrogen and oxygen atoms in total. The van der Waals surface area contributed by atoms with Crippen molar-refractivity contribution in [3.05, 3.63) is 35.4 Å². The zero-order valence-corrected chi connectivity index (χ0v) is 12.1. The largest absolute Gasteiger partial charge is 0.372 e. The molecule has 4 heteroatoms. The third-order valence-electron chi connectivity index (χ3n) is 4.18. The first-order valence-electron chi connectivity index (χ1n) is 7.53. The molecule has 3 atom stereocenters. The van der Waals surface area contributed by atoms with Gasteiger partial charge >= 0.3 is 0 Å². The smallest absolute Gasteiger partial charge is 0.0954 e. The summed E-state index contributed by atoms with van der Waals surface area (Å²) in [4.78, 5) is 2.43. The van der Waals surface area contributed by atoms with Gasteiger partial charge in [-0.2, -0.15) is 0 Å². The van der Waals surface area contributed by atoms with E-state index in [1.54, 1.807) is 0 Å². The monoisotopic (exact) mass is 276 g/mol. The second-order valence-corrected chi connectivity index (χ2v) is 5.83. The molecule has 0 aromatic heterocycles. The van der Waals surface area contributed by atoms with Crippen LogP contribution in [0.4, 0.5) is 0 Å². The lowest BCUT2D eigenvalue weighted by Crippen LogP contribution is -2.50. The SMILES string of the molecule is CC1CN(CC2OCCc3ccccc32)CC(CN)O1. The molecule has 3 unspecified atom stereocenters. The molecule has 1 aromatic rings. The highest BCUT2D eigenvalue weighted by atomic mass is 16.5. The quantitative estimate of drug-likeness (QED) is 0.905. The third kappa shape index (κ3) is 3.04. The lowest BCUT2D eigenvalue weighted by Gasteiger charge is -2.39. The van der Waals surface area contributed by atoms with Crippen molar-refractivity contribution in [3.8, 4) is 0 Å². The van der Waals surface area contributed by atoms with Crippen molar-refractivity contribution in [1.82, 2.24) is 4.90 Å². The summed E-state index contributed by atoms with van der Waals surface area (Å²) in [6.07, 6.45) is 1.61. The zero-order valence-electron chi connectivity index (χ0n) is 12.1. The molecule has 2 heterocycles. The van der Waals surface area contributed by atoms with E-state index < -0.39 is 0 Å². The first-order valence-corrected chi connectivity index (χ1v) is 7.53. The van der Waals surface area contributed by atoms with Gasteiger partial charge < -0.3 is 15.2 Å². The van der Waals surface area contributed by atoms with Gasteiger partial charge in [-0.15, -0.1) is 0 Å². The van der Waals surface area contributed by atoms with Gasteiger partial charge in [0.05, 0.1) is 24.9 Å². The molecule has 0 saturated carbocycles. The third-order valence-corrected chi connectivity index (χ3v) is 4.18. The van der Waals surface area contributed by atoms with E-state index in [1.807, 2.05) is 0 Å². The highest BCUT2D eigenvalue weighted by Crippen LogP contribution is 2.28. The Labute approximate surface area is 120 Å². The minimum Gasteiger partial charge on any atom is -0.372 e. The number of ether oxygens (including phenoxy) is 2. The van der Waals surface area contributed by atoms with Gasteiger partial charge in [-0.25, -0.2) is 0 Å². The van der Waals surface area contributed by atoms with Crippen molar-refractivity contribution in [1.29, 1.82) is 0 Å². The van der Waals surface area contributed by atoms with Gasteiger partial charge in [-0.05, 0) is 24.5 Å². The maximum absolute atomic E-state index is 6.00. The van der Waals surface area contributed by atoms with E-state index in [1.165, 1.54) is 11.1 Å². The van der Waals surface area contributed by atoms with E-state index in [4.69, 9.17) is 15.2 Å². The van der Waals surface area contributed by atoms with Crippen molar-refractivity contribution in [2.24, 2.45) is 5.73 Å². The summed E-state index contributed by atoms with van der Waals surface area (Å²) in [5.74, 6) is 0. The Hall–Kier alpha value is -0.940. The second kappa shape index (κ2) is 6.22. The van der Waals surface area contributed by atoms with Gasteiger partial charge in [0.15, 0.2) is 0 Å². The van der Waals surface area contributed by atoms with E-state index in [0.29, 0.717) is 6.54 Å². The predicted octanol–water partition coefficient (Wildman–Crippen LogP) is 1.35. The standard InChI is InChI=1S/C16H24N2O2/c1-12-9-18(10-14(8-17)20-12)11-16-15-5-3-2-4-13(15)6-7-19-16/h2-5,12,14,16H,6-11,17H2,1H3. The Morgan fingerprint density at radius 3 is 3.00 bits per heavy atom. The van der Waals surface area contributed by atoms with E-state index in [-0.39, 0.29) is 18.3 Å². The van der Waals surface area contributed by atoms with Crippen LogP contribution in [0.15, 0.2) is 24.3 Å². The second-order valence-electron chi connectivity index (χ2n) is 5.83. The lowest BCUT2D eigenvalue weighted by atomic mass is 9.97. The molecule has 0 spiro atoms. The van der Waals surface area contributed by atoms with Crippen molar-refractivity contribution < 1.29 is 9.47 Å². The van der Waals surface area contributed by atoms with Crippen molar-refractivity contribution in [2.45, 2.75) is 31.7 Å². The van der Waals surface area contributed by atoms with Crippen LogP contribution in [0.3, 0.4) is 0 Å². The van der Waals surface area contributed by atoms with Crippen LogP contribution in [0.5, 0.6) is 0 Å². The molecule has 1 fully saturated rings. The van der Waals surface area contributed by atoms with Crippen LogP contribution in [0.1, 0.15) is 24.2 Å². The van der Waals surface area contributed by atoms with Gasteiger partial charge in [-0.1, -0.05) is 24.3 Å². The summed E-state index contributed by atoms with van der Waals surface area (Å²) in [6.45, 7) is 6.32. The van der Waals surface area contributed by atoms with Crippen molar-refractivity contribution in [3.63, 3.8) is 0 Å². The van der Waals surface area contributed by atoms with Crippen LogP contribution in [0.25, 0.3) is 0 Å². The van der Waals surface area contributed by atoms with Gasteiger partial charge in [0.2, 0.25) is 0 Å². The summed E-state index contributed by atoms with van der Waals surface area (Å²) in [5.41, 5.74) is 8.53. The van der Waals surface area contributed by atoms with Gasteiger partial charge in [0.25, 0.3) is 0 Å². The first-order chi connectivity index (χ1) is 9.76. The van der Waals surface area contributed by atoms with Crippen LogP contribution in [-0.2, 0) is 15.9 Å². The molecule has 2 aliphatic heterocycles. The number of hydrogen-bond donors (Lipinski definition) is 1. The molecule has 20 heavy (non-hydrogen) atoms. The molecule has 2 N–H and O–H groups in total. The molecule has 110 valence electrons. The fraction of sp³-hybridized carbons (Fsp3) is 0.625. The molecule has 3 rings (SSSR count). The van der Waals surface area contributed by atoms with Crippen LogP contribution in [0.2, 0.25) is 0 Å². The van der Waals surface area contributed by atoms with Gasteiger partial charge in [0, 0.05) is 26.2 Å². The fourth-order valence-corrected chi connectivity index (χ4v) is 3.28. The minimum atomic E-state index is 0.151. The Morgan fingerprint density at radius 2 is 2.15 bits per heavy atom. The summed E-state index contributed by atoms with van der Waals surface area (Å²) in [5, 5.41) is 0. The van der Waals surface area contributed by atoms with E-state index in [9.17, 15) is 0 Å². The molecule has 0 bridgehead atoms. The summed E-state index contributed by atoms with van der Waals surface area (Å²) in [6, 6.07) is 8.63. The van der Waals surface area contributed by atoms with Crippen LogP contribution in [-0.4, -0.2) is 49.9 Å². The number of nitrogens with zero attached hydrogens (tertiary/aromatic N) is 1. The molecule has 0 amide bonds. The van der Waals surface area contributed by atoms with Crippen LogP contribution in [0, 0.1) is 0 Å². The number of hydrogen-bond acceptors (Lipinski definition) is 4. The molecular formula is C16H24N2O2. The van der Waals surface area contributed by atoms with E-state index >= 15 is 0 Å². The van der Waals surface area contributed by atoms with Crippen molar-refractivity contribution in [2.75, 3.05) is 32.8 Å². The first kappa shape index (κ1) is 14.0. The number of fused-ring (bicyclic) bond motifs is 1. The average Bonchev–Trinajstić information content (AvgIpc) is 2.47. The molecule has 2 aliphatic rings. The summed E-state index contributed by atoms with van der Waals surface area (Å²) < 4.78 is 11.8. The molecular weight excluding hydrogens is 252 g/mol. The molecule has 1 saturated heterocycles. The maximum atomic E-state index is 6.00. The summed E-state index contributed by atoms with van der Waals surface area (Å²) in [7, 11) is 0. The predicted molar refractivity (Wildman–Crippen MR) is 78.7 cm³/mol. The lowest BCUT2D eigenvalue weighted by molar-refractivity contribution is -0.0875. The maximum Gasteiger partial charge on any atom is 0.0954 e. The topological polar surface area (TPSA) is 47.7 Å². The van der Waals surface area contributed by atoms with Crippen LogP contribution < -0.4 is 5.73 Å². The highest BCUT2D eigenvalue weighted by Gasteiger charge is 2.28. The summed E-state index contributed by atoms with van der Waals surface area (Å²) >= 11 is 0. The normalized spacial score (nSPS) is 31.0. The fourth-order valence-electron chi connectivity index (χ4n) is 3.28. The van der Waals surface area contributed by atoms with E-state index in [0.717, 1.165) is 32.7 Å². The van der Waals surface area contributed by atoms with Crippen molar-refractivity contribution >= 4 is 0 Å². The molecule has 1 aromatic carbocycles. The van der Waals surface area contributed by atoms with Gasteiger partial charge in [0.1, 0.15) is 0 Å². The number of nitrogens with two attached hydrogens (primary N) is 1. The highest BCUT2D eigenvalue weighted by molar-refractivity contribution is 5.31. The zero-order chi connectivity index (χ0) is 13.9. The van der Waals surface area contributed by atoms with E-state index in [2.05, 4.69) is 36.1 Å². The van der Waals surface area contributed by atoms with Gasteiger partial charge in [-0.3, -0.25) is 4.90 Å². The number of benzene rings is 1. The Balaban J connectivity index is 1.69. The number of rotatable bonds is 3. The molecule has 0 aliphatic carbocycles. The number of morpholine rings is 1. The Bertz CT molecular complexity index is 452.